The first kappa shape index (κ1) is 22.4. The Bertz CT molecular complexity index is 1490. The number of pyridine rings is 1. The number of benzene rings is 2. The second kappa shape index (κ2) is 8.96. The highest BCUT2D eigenvalue weighted by atomic mass is 32.2. The van der Waals surface area contributed by atoms with Gasteiger partial charge in [-0.2, -0.15) is 4.98 Å². The molecule has 168 valence electrons. The number of nitrogens with zero attached hydrogens (tertiary/aromatic N) is 3. The Hall–Kier alpha value is -3.83. The first-order chi connectivity index (χ1) is 15.7. The van der Waals surface area contributed by atoms with Gasteiger partial charge in [-0.15, -0.1) is 0 Å². The highest BCUT2D eigenvalue weighted by Crippen LogP contribution is 2.27. The van der Waals surface area contributed by atoms with Crippen molar-refractivity contribution in [2.24, 2.45) is 0 Å². The maximum Gasteiger partial charge on any atom is 0.264 e. The minimum absolute atomic E-state index is 0.00411. The molecule has 0 bridgehead atoms. The van der Waals surface area contributed by atoms with E-state index in [9.17, 15) is 16.8 Å². The molecule has 0 aliphatic heterocycles. The van der Waals surface area contributed by atoms with E-state index in [2.05, 4.69) is 19.7 Å². The number of rotatable bonds is 7. The van der Waals surface area contributed by atoms with Gasteiger partial charge in [0.15, 0.2) is 9.84 Å². The SMILES string of the molecule is CS(=O)(=O)c1cncc(-c2cc(Oc3ccccc3)nc(NS(=O)(=O)c3ccccc3)n2)c1. The summed E-state index contributed by atoms with van der Waals surface area (Å²) in [5.74, 6) is 0.288. The van der Waals surface area contributed by atoms with Crippen LogP contribution in [0.25, 0.3) is 11.3 Å². The molecular weight excluding hydrogens is 464 g/mol. The van der Waals surface area contributed by atoms with Crippen LogP contribution in [-0.4, -0.2) is 38.0 Å². The predicted molar refractivity (Wildman–Crippen MR) is 122 cm³/mol. The molecule has 2 aromatic heterocycles. The number of nitrogens with one attached hydrogen (secondary N) is 1. The van der Waals surface area contributed by atoms with Crippen molar-refractivity contribution in [3.8, 4) is 22.9 Å². The Morgan fingerprint density at radius 2 is 1.45 bits per heavy atom. The van der Waals surface area contributed by atoms with Crippen molar-refractivity contribution in [1.82, 2.24) is 15.0 Å². The van der Waals surface area contributed by atoms with Crippen LogP contribution in [0.15, 0.2) is 95.0 Å². The highest BCUT2D eigenvalue weighted by molar-refractivity contribution is 7.92. The second-order valence-corrected chi connectivity index (χ2v) is 10.6. The number of sulfonamides is 1. The fourth-order valence-corrected chi connectivity index (χ4v) is 4.38. The molecule has 0 atom stereocenters. The molecule has 0 radical (unpaired) electrons. The molecule has 0 fully saturated rings. The summed E-state index contributed by atoms with van der Waals surface area (Å²) in [5.41, 5.74) is 0.568. The lowest BCUT2D eigenvalue weighted by atomic mass is 10.2. The third-order valence-corrected chi connectivity index (χ3v) is 6.81. The van der Waals surface area contributed by atoms with Crippen LogP contribution in [0.3, 0.4) is 0 Å². The molecule has 2 heterocycles. The predicted octanol–water partition coefficient (Wildman–Crippen LogP) is 3.54. The average Bonchev–Trinajstić information content (AvgIpc) is 2.79. The first-order valence-corrected chi connectivity index (χ1v) is 12.9. The van der Waals surface area contributed by atoms with Gasteiger partial charge < -0.3 is 4.74 Å². The van der Waals surface area contributed by atoms with Crippen LogP contribution in [0.4, 0.5) is 5.95 Å². The van der Waals surface area contributed by atoms with Gasteiger partial charge in [-0.25, -0.2) is 26.5 Å². The number of anilines is 1. The van der Waals surface area contributed by atoms with E-state index in [0.29, 0.717) is 11.3 Å². The lowest BCUT2D eigenvalue weighted by molar-refractivity contribution is 0.463. The lowest BCUT2D eigenvalue weighted by Crippen LogP contribution is -2.15. The zero-order valence-electron chi connectivity index (χ0n) is 17.3. The molecule has 4 rings (SSSR count). The Morgan fingerprint density at radius 3 is 2.12 bits per heavy atom. The molecule has 0 spiro atoms. The van der Waals surface area contributed by atoms with Gasteiger partial charge in [0.05, 0.1) is 15.5 Å². The number of hydrogen-bond donors (Lipinski definition) is 1. The lowest BCUT2D eigenvalue weighted by Gasteiger charge is -2.11. The number of ether oxygens (including phenoxy) is 1. The van der Waals surface area contributed by atoms with Crippen LogP contribution in [0.1, 0.15) is 0 Å². The van der Waals surface area contributed by atoms with Crippen molar-refractivity contribution >= 4 is 25.8 Å². The number of hydrogen-bond acceptors (Lipinski definition) is 8. The van der Waals surface area contributed by atoms with Gasteiger partial charge in [-0.1, -0.05) is 36.4 Å². The summed E-state index contributed by atoms with van der Waals surface area (Å²) in [6, 6.07) is 19.4. The van der Waals surface area contributed by atoms with Gasteiger partial charge in [0, 0.05) is 30.3 Å². The van der Waals surface area contributed by atoms with Gasteiger partial charge in [0.2, 0.25) is 11.8 Å². The largest absolute Gasteiger partial charge is 0.439 e. The molecule has 0 aliphatic rings. The zero-order chi connectivity index (χ0) is 23.5. The third kappa shape index (κ3) is 5.51. The van der Waals surface area contributed by atoms with Crippen molar-refractivity contribution in [2.75, 3.05) is 11.0 Å². The molecule has 0 saturated heterocycles. The normalized spacial score (nSPS) is 11.7. The van der Waals surface area contributed by atoms with Crippen molar-refractivity contribution < 1.29 is 21.6 Å². The summed E-state index contributed by atoms with van der Waals surface area (Å²) in [6.07, 6.45) is 3.70. The Kier molecular flexibility index (Phi) is 6.07. The number of aromatic nitrogens is 3. The monoisotopic (exact) mass is 482 g/mol. The van der Waals surface area contributed by atoms with E-state index in [0.717, 1.165) is 6.26 Å². The van der Waals surface area contributed by atoms with Crippen LogP contribution in [0, 0.1) is 0 Å². The Morgan fingerprint density at radius 1 is 0.788 bits per heavy atom. The van der Waals surface area contributed by atoms with Crippen molar-refractivity contribution in [3.05, 3.63) is 85.2 Å². The number of para-hydroxylation sites is 1. The summed E-state index contributed by atoms with van der Waals surface area (Å²) < 4.78 is 57.6. The van der Waals surface area contributed by atoms with Gasteiger partial charge in [-0.05, 0) is 30.3 Å². The van der Waals surface area contributed by atoms with E-state index >= 15 is 0 Å². The maximum absolute atomic E-state index is 12.8. The maximum atomic E-state index is 12.8. The first-order valence-electron chi connectivity index (χ1n) is 9.56. The third-order valence-electron chi connectivity index (χ3n) is 4.38. The zero-order valence-corrected chi connectivity index (χ0v) is 18.9. The molecule has 4 aromatic rings. The fourth-order valence-electron chi connectivity index (χ4n) is 2.82. The summed E-state index contributed by atoms with van der Waals surface area (Å²) in [6.45, 7) is 0. The molecule has 9 nitrogen and oxygen atoms in total. The van der Waals surface area contributed by atoms with Gasteiger partial charge in [0.1, 0.15) is 5.75 Å². The number of sulfone groups is 1. The van der Waals surface area contributed by atoms with Gasteiger partial charge >= 0.3 is 0 Å². The summed E-state index contributed by atoms with van der Waals surface area (Å²) in [7, 11) is -7.49. The standard InChI is InChI=1S/C22H18N4O5S2/c1-32(27,28)19-12-16(14-23-15-19)20-13-21(31-17-8-4-2-5-9-17)25-22(24-20)26-33(29,30)18-10-6-3-7-11-18/h2-15H,1H3,(H,24,25,26). The molecule has 0 saturated carbocycles. The molecular formula is C22H18N4O5S2. The topological polar surface area (TPSA) is 128 Å². The van der Waals surface area contributed by atoms with E-state index in [4.69, 9.17) is 4.74 Å². The van der Waals surface area contributed by atoms with E-state index < -0.39 is 19.9 Å². The molecule has 0 unspecified atom stereocenters. The van der Waals surface area contributed by atoms with Crippen LogP contribution < -0.4 is 9.46 Å². The van der Waals surface area contributed by atoms with Gasteiger partial charge in [-0.3, -0.25) is 4.98 Å². The molecule has 0 aliphatic carbocycles. The minimum Gasteiger partial charge on any atom is -0.439 e. The van der Waals surface area contributed by atoms with E-state index in [1.165, 1.54) is 36.7 Å². The summed E-state index contributed by atoms with van der Waals surface area (Å²) >= 11 is 0. The molecule has 33 heavy (non-hydrogen) atoms. The average molecular weight is 483 g/mol. The molecule has 2 aromatic carbocycles. The second-order valence-electron chi connectivity index (χ2n) is 6.93. The highest BCUT2D eigenvalue weighted by Gasteiger charge is 2.18. The van der Waals surface area contributed by atoms with E-state index in [1.807, 2.05) is 6.07 Å². The smallest absolute Gasteiger partial charge is 0.264 e. The van der Waals surface area contributed by atoms with E-state index in [-0.39, 0.29) is 27.3 Å². The van der Waals surface area contributed by atoms with E-state index in [1.54, 1.807) is 42.5 Å². The summed E-state index contributed by atoms with van der Waals surface area (Å²) in [4.78, 5) is 12.4. The van der Waals surface area contributed by atoms with Crippen LogP contribution in [0.2, 0.25) is 0 Å². The van der Waals surface area contributed by atoms with Crippen LogP contribution in [-0.2, 0) is 19.9 Å². The van der Waals surface area contributed by atoms with Crippen molar-refractivity contribution in [2.45, 2.75) is 9.79 Å². The Balaban J connectivity index is 1.79. The van der Waals surface area contributed by atoms with Crippen LogP contribution >= 0.6 is 0 Å². The van der Waals surface area contributed by atoms with Crippen molar-refractivity contribution in [3.63, 3.8) is 0 Å². The summed E-state index contributed by atoms with van der Waals surface area (Å²) in [5, 5.41) is 0. The minimum atomic E-state index is -3.98. The fraction of sp³-hybridized carbons (Fsp3) is 0.0455. The molecule has 1 N–H and O–H groups in total. The Labute approximate surface area is 191 Å². The van der Waals surface area contributed by atoms with Crippen LogP contribution in [0.5, 0.6) is 11.6 Å². The van der Waals surface area contributed by atoms with Crippen molar-refractivity contribution in [1.29, 1.82) is 0 Å². The molecule has 11 heteroatoms. The molecule has 0 amide bonds. The quantitative estimate of drug-likeness (QED) is 0.424. The van der Waals surface area contributed by atoms with Gasteiger partial charge in [0.25, 0.3) is 10.0 Å².